The van der Waals surface area contributed by atoms with Crippen LogP contribution in [0.3, 0.4) is 0 Å². The van der Waals surface area contributed by atoms with Crippen molar-refractivity contribution in [2.75, 3.05) is 23.8 Å². The third-order valence-electron chi connectivity index (χ3n) is 4.65. The van der Waals surface area contributed by atoms with Crippen molar-refractivity contribution in [3.63, 3.8) is 0 Å². The zero-order chi connectivity index (χ0) is 20.1. The zero-order valence-electron chi connectivity index (χ0n) is 16.0. The van der Waals surface area contributed by atoms with E-state index in [-0.39, 0.29) is 31.2 Å². The number of urea groups is 1. The van der Waals surface area contributed by atoms with Crippen molar-refractivity contribution in [3.05, 3.63) is 60.2 Å². The van der Waals surface area contributed by atoms with Gasteiger partial charge in [-0.1, -0.05) is 30.3 Å². The average Bonchev–Trinajstić information content (AvgIpc) is 2.68. The zero-order valence-corrected chi connectivity index (χ0v) is 16.0. The molecule has 3 amide bonds. The molecule has 3 rings (SSSR count). The lowest BCUT2D eigenvalue weighted by Crippen LogP contribution is -2.55. The molecule has 0 aromatic heterocycles. The second-order valence-corrected chi connectivity index (χ2v) is 6.94. The van der Waals surface area contributed by atoms with Crippen molar-refractivity contribution in [2.45, 2.75) is 32.0 Å². The van der Waals surface area contributed by atoms with Crippen LogP contribution in [0.5, 0.6) is 0 Å². The second kappa shape index (κ2) is 8.86. The number of carbonyl (C=O) groups excluding carboxylic acids is 2. The van der Waals surface area contributed by atoms with Crippen molar-refractivity contribution in [1.29, 1.82) is 0 Å². The maximum atomic E-state index is 12.1. The Labute approximate surface area is 164 Å². The number of hydrogen-bond acceptors (Lipinski definition) is 4. The standard InChI is InChI=1S/C21H25N3O4/c1-14(2)24-18(12-25)20(28-13-19(24)26)15-8-10-17(11-9-15)23-21(27)22-16-6-4-3-5-7-16/h3-11,14,18,20,25H,12-13H2,1-2H3,(H2,22,23,27)/t18-,20-/m1/s1. The van der Waals surface area contributed by atoms with E-state index >= 15 is 0 Å². The van der Waals surface area contributed by atoms with E-state index in [1.807, 2.05) is 44.2 Å². The van der Waals surface area contributed by atoms with Gasteiger partial charge < -0.3 is 25.4 Å². The number of hydrogen-bond donors (Lipinski definition) is 3. The van der Waals surface area contributed by atoms with Gasteiger partial charge in [0, 0.05) is 17.4 Å². The van der Waals surface area contributed by atoms with E-state index < -0.39 is 12.1 Å². The van der Waals surface area contributed by atoms with Crippen LogP contribution in [0.1, 0.15) is 25.5 Å². The van der Waals surface area contributed by atoms with Crippen LogP contribution in [-0.4, -0.2) is 47.2 Å². The molecule has 3 N–H and O–H groups in total. The topological polar surface area (TPSA) is 90.9 Å². The van der Waals surface area contributed by atoms with Gasteiger partial charge in [0.25, 0.3) is 0 Å². The second-order valence-electron chi connectivity index (χ2n) is 6.94. The Hall–Kier alpha value is -2.90. The molecule has 7 heteroatoms. The number of anilines is 2. The minimum Gasteiger partial charge on any atom is -0.394 e. The lowest BCUT2D eigenvalue weighted by molar-refractivity contribution is -0.164. The van der Waals surface area contributed by atoms with Gasteiger partial charge in [-0.15, -0.1) is 0 Å². The third-order valence-corrected chi connectivity index (χ3v) is 4.65. The fourth-order valence-electron chi connectivity index (χ4n) is 3.42. The smallest absolute Gasteiger partial charge is 0.323 e. The van der Waals surface area contributed by atoms with Crippen LogP contribution in [0, 0.1) is 0 Å². The first-order valence-electron chi connectivity index (χ1n) is 9.26. The molecule has 0 radical (unpaired) electrons. The molecule has 28 heavy (non-hydrogen) atoms. The Morgan fingerprint density at radius 3 is 2.29 bits per heavy atom. The molecule has 1 fully saturated rings. The molecule has 0 bridgehead atoms. The van der Waals surface area contributed by atoms with Crippen molar-refractivity contribution in [2.24, 2.45) is 0 Å². The van der Waals surface area contributed by atoms with Gasteiger partial charge in [0.05, 0.1) is 12.6 Å². The number of amides is 3. The van der Waals surface area contributed by atoms with Crippen molar-refractivity contribution in [1.82, 2.24) is 4.90 Å². The summed E-state index contributed by atoms with van der Waals surface area (Å²) in [5, 5.41) is 15.4. The minimum absolute atomic E-state index is 0.0150. The van der Waals surface area contributed by atoms with E-state index in [4.69, 9.17) is 4.74 Å². The molecule has 0 spiro atoms. The summed E-state index contributed by atoms with van der Waals surface area (Å²) in [7, 11) is 0. The van der Waals surface area contributed by atoms with Gasteiger partial charge in [0.1, 0.15) is 12.7 Å². The van der Waals surface area contributed by atoms with Crippen LogP contribution in [0.4, 0.5) is 16.2 Å². The van der Waals surface area contributed by atoms with Gasteiger partial charge in [-0.3, -0.25) is 4.79 Å². The van der Waals surface area contributed by atoms with E-state index in [0.29, 0.717) is 11.4 Å². The van der Waals surface area contributed by atoms with Gasteiger partial charge in [0.15, 0.2) is 0 Å². The molecular weight excluding hydrogens is 358 g/mol. The summed E-state index contributed by atoms with van der Waals surface area (Å²) in [5.74, 6) is -0.124. The molecule has 1 saturated heterocycles. The molecule has 148 valence electrons. The molecule has 2 atom stereocenters. The average molecular weight is 383 g/mol. The van der Waals surface area contributed by atoms with Gasteiger partial charge >= 0.3 is 6.03 Å². The highest BCUT2D eigenvalue weighted by Crippen LogP contribution is 2.31. The molecule has 0 saturated carbocycles. The molecule has 1 aliphatic heterocycles. The number of carbonyl (C=O) groups is 2. The van der Waals surface area contributed by atoms with E-state index in [0.717, 1.165) is 5.56 Å². The van der Waals surface area contributed by atoms with Crippen molar-refractivity contribution in [3.8, 4) is 0 Å². The van der Waals surface area contributed by atoms with Crippen LogP contribution >= 0.6 is 0 Å². The minimum atomic E-state index is -0.443. The summed E-state index contributed by atoms with van der Waals surface area (Å²) in [6.45, 7) is 3.63. The quantitative estimate of drug-likeness (QED) is 0.740. The molecule has 1 aliphatic rings. The van der Waals surface area contributed by atoms with Crippen LogP contribution in [0.25, 0.3) is 0 Å². The van der Waals surface area contributed by atoms with Gasteiger partial charge in [0.2, 0.25) is 5.91 Å². The fraction of sp³-hybridized carbons (Fsp3) is 0.333. The highest BCUT2D eigenvalue weighted by molar-refractivity contribution is 5.99. The van der Waals surface area contributed by atoms with Gasteiger partial charge in [-0.25, -0.2) is 4.79 Å². The third kappa shape index (κ3) is 4.49. The Morgan fingerprint density at radius 1 is 1.11 bits per heavy atom. The molecule has 0 aliphatic carbocycles. The van der Waals surface area contributed by atoms with E-state index in [1.165, 1.54) is 0 Å². The van der Waals surface area contributed by atoms with Crippen LogP contribution in [0.15, 0.2) is 54.6 Å². The first-order valence-corrected chi connectivity index (χ1v) is 9.26. The molecule has 1 heterocycles. The van der Waals surface area contributed by atoms with Crippen LogP contribution in [0.2, 0.25) is 0 Å². The maximum absolute atomic E-state index is 12.1. The molecule has 0 unspecified atom stereocenters. The summed E-state index contributed by atoms with van der Waals surface area (Å²) in [6, 6.07) is 15.6. The highest BCUT2D eigenvalue weighted by atomic mass is 16.5. The van der Waals surface area contributed by atoms with Crippen LogP contribution in [-0.2, 0) is 9.53 Å². The lowest BCUT2D eigenvalue weighted by Gasteiger charge is -2.42. The maximum Gasteiger partial charge on any atom is 0.323 e. The highest BCUT2D eigenvalue weighted by Gasteiger charge is 2.38. The summed E-state index contributed by atoms with van der Waals surface area (Å²) in [5.41, 5.74) is 2.17. The van der Waals surface area contributed by atoms with Crippen molar-refractivity contribution >= 4 is 23.3 Å². The Morgan fingerprint density at radius 2 is 1.71 bits per heavy atom. The number of ether oxygens (including phenoxy) is 1. The largest absolute Gasteiger partial charge is 0.394 e. The summed E-state index contributed by atoms with van der Waals surface area (Å²) < 4.78 is 5.71. The number of para-hydroxylation sites is 1. The molecule has 2 aromatic rings. The number of morpholine rings is 1. The molecule has 7 nitrogen and oxygen atoms in total. The fourth-order valence-corrected chi connectivity index (χ4v) is 3.42. The number of nitrogens with zero attached hydrogens (tertiary/aromatic N) is 1. The van der Waals surface area contributed by atoms with Gasteiger partial charge in [-0.05, 0) is 43.7 Å². The summed E-state index contributed by atoms with van der Waals surface area (Å²) in [6.07, 6.45) is -0.419. The van der Waals surface area contributed by atoms with Crippen molar-refractivity contribution < 1.29 is 19.4 Å². The lowest BCUT2D eigenvalue weighted by atomic mass is 9.98. The molecule has 2 aromatic carbocycles. The Balaban J connectivity index is 1.68. The molecular formula is C21H25N3O4. The Bertz CT molecular complexity index is 808. The first kappa shape index (κ1) is 19.9. The van der Waals surface area contributed by atoms with Gasteiger partial charge in [-0.2, -0.15) is 0 Å². The SMILES string of the molecule is CC(C)N1C(=O)CO[C@H](c2ccc(NC(=O)Nc3ccccc3)cc2)[C@H]1CO. The monoisotopic (exact) mass is 383 g/mol. The van der Waals surface area contributed by atoms with E-state index in [9.17, 15) is 14.7 Å². The number of benzene rings is 2. The number of rotatable bonds is 5. The van der Waals surface area contributed by atoms with E-state index in [1.54, 1.807) is 29.2 Å². The summed E-state index contributed by atoms with van der Waals surface area (Å²) in [4.78, 5) is 25.9. The predicted octanol–water partition coefficient (Wildman–Crippen LogP) is 3.00. The normalized spacial score (nSPS) is 19.6. The summed E-state index contributed by atoms with van der Waals surface area (Å²) >= 11 is 0. The first-order chi connectivity index (χ1) is 13.5. The van der Waals surface area contributed by atoms with Crippen LogP contribution < -0.4 is 10.6 Å². The number of aliphatic hydroxyl groups is 1. The Kier molecular flexibility index (Phi) is 6.28. The predicted molar refractivity (Wildman–Crippen MR) is 107 cm³/mol. The number of aliphatic hydroxyl groups excluding tert-OH is 1. The van der Waals surface area contributed by atoms with E-state index in [2.05, 4.69) is 10.6 Å². The number of nitrogens with one attached hydrogen (secondary N) is 2.